The molecule has 0 saturated carbocycles. The van der Waals surface area contributed by atoms with E-state index in [4.69, 9.17) is 16.3 Å². The number of halogens is 1. The quantitative estimate of drug-likeness (QED) is 0.776. The molecule has 5 nitrogen and oxygen atoms in total. The summed E-state index contributed by atoms with van der Waals surface area (Å²) in [5, 5.41) is 3.02. The highest BCUT2D eigenvalue weighted by atomic mass is 35.5. The fraction of sp³-hybridized carbons (Fsp3) is 0.385. The number of carbonyl (C=O) groups is 2. The van der Waals surface area contributed by atoms with Gasteiger partial charge in [0, 0.05) is 5.02 Å². The number of amides is 1. The molecule has 0 bridgehead atoms. The van der Waals surface area contributed by atoms with Crippen LogP contribution in [0.25, 0.3) is 0 Å². The molecule has 0 aliphatic rings. The molecule has 1 rings (SSSR count). The predicted octanol–water partition coefficient (Wildman–Crippen LogP) is 1.79. The van der Waals surface area contributed by atoms with Crippen molar-refractivity contribution in [3.05, 3.63) is 29.3 Å². The average molecular weight is 286 g/mol. The lowest BCUT2D eigenvalue weighted by molar-refractivity contribution is -0.143. The van der Waals surface area contributed by atoms with Gasteiger partial charge in [0.1, 0.15) is 12.3 Å². The fourth-order valence-corrected chi connectivity index (χ4v) is 1.47. The third-order valence-corrected chi connectivity index (χ3v) is 2.36. The molecule has 0 aliphatic carbocycles. The first-order valence-corrected chi connectivity index (χ1v) is 6.30. The zero-order valence-corrected chi connectivity index (χ0v) is 11.4. The summed E-state index contributed by atoms with van der Waals surface area (Å²) in [5.41, 5.74) is 0. The summed E-state index contributed by atoms with van der Waals surface area (Å²) < 4.78 is 10.0. The molecule has 0 radical (unpaired) electrons. The van der Waals surface area contributed by atoms with Gasteiger partial charge < -0.3 is 14.8 Å². The van der Waals surface area contributed by atoms with E-state index in [1.54, 1.807) is 31.2 Å². The van der Waals surface area contributed by atoms with Gasteiger partial charge in [0.05, 0.1) is 19.6 Å². The van der Waals surface area contributed by atoms with Crippen LogP contribution in [0.4, 0.5) is 0 Å². The second-order valence-corrected chi connectivity index (χ2v) is 4.07. The van der Waals surface area contributed by atoms with Gasteiger partial charge in [0.25, 0.3) is 0 Å². The minimum Gasteiger partial charge on any atom is -0.493 e. The maximum Gasteiger partial charge on any atom is 0.325 e. The second kappa shape index (κ2) is 8.37. The average Bonchev–Trinajstić information content (AvgIpc) is 2.37. The Balaban J connectivity index is 2.18. The van der Waals surface area contributed by atoms with Gasteiger partial charge in [-0.3, -0.25) is 9.59 Å². The number of nitrogens with one attached hydrogen (secondary N) is 1. The van der Waals surface area contributed by atoms with Gasteiger partial charge in [-0.15, -0.1) is 0 Å². The Morgan fingerprint density at radius 1 is 1.37 bits per heavy atom. The minimum atomic E-state index is -0.452. The van der Waals surface area contributed by atoms with Crippen molar-refractivity contribution in [1.29, 1.82) is 0 Å². The van der Waals surface area contributed by atoms with Gasteiger partial charge in [-0.1, -0.05) is 17.7 Å². The molecule has 104 valence electrons. The largest absolute Gasteiger partial charge is 0.493 e. The van der Waals surface area contributed by atoms with Crippen LogP contribution in [0, 0.1) is 0 Å². The molecular formula is C13H16ClNO4. The molecule has 1 N–H and O–H groups in total. The highest BCUT2D eigenvalue weighted by Crippen LogP contribution is 2.16. The van der Waals surface area contributed by atoms with E-state index in [1.807, 2.05) is 0 Å². The van der Waals surface area contributed by atoms with Crippen LogP contribution < -0.4 is 10.1 Å². The van der Waals surface area contributed by atoms with Crippen LogP contribution in [0.3, 0.4) is 0 Å². The monoisotopic (exact) mass is 285 g/mol. The van der Waals surface area contributed by atoms with Crippen LogP contribution >= 0.6 is 11.6 Å². The van der Waals surface area contributed by atoms with Crippen LogP contribution in [0.1, 0.15) is 13.3 Å². The number of ether oxygens (including phenoxy) is 2. The Hall–Kier alpha value is -1.75. The zero-order valence-electron chi connectivity index (χ0n) is 10.6. The van der Waals surface area contributed by atoms with Crippen molar-refractivity contribution in [2.24, 2.45) is 0 Å². The summed E-state index contributed by atoms with van der Waals surface area (Å²) >= 11 is 5.79. The molecule has 0 spiro atoms. The van der Waals surface area contributed by atoms with E-state index >= 15 is 0 Å². The molecule has 1 amide bonds. The molecule has 0 heterocycles. The fourth-order valence-electron chi connectivity index (χ4n) is 1.29. The van der Waals surface area contributed by atoms with E-state index in [1.165, 1.54) is 0 Å². The standard InChI is InChI=1S/C13H16ClNO4/c1-2-18-13(17)9-15-12(16)6-7-19-11-5-3-4-10(14)8-11/h3-5,8H,2,6-7,9H2,1H3,(H,15,16). The van der Waals surface area contributed by atoms with Crippen LogP contribution in [0.15, 0.2) is 24.3 Å². The lowest BCUT2D eigenvalue weighted by Crippen LogP contribution is -2.31. The Labute approximate surface area is 116 Å². The number of hydrogen-bond donors (Lipinski definition) is 1. The van der Waals surface area contributed by atoms with Crippen molar-refractivity contribution < 1.29 is 19.1 Å². The number of hydrogen-bond acceptors (Lipinski definition) is 4. The Morgan fingerprint density at radius 2 is 2.16 bits per heavy atom. The maximum atomic E-state index is 11.4. The first-order chi connectivity index (χ1) is 9.11. The van der Waals surface area contributed by atoms with E-state index in [-0.39, 0.29) is 25.5 Å². The molecule has 19 heavy (non-hydrogen) atoms. The van der Waals surface area contributed by atoms with E-state index in [9.17, 15) is 9.59 Å². The van der Waals surface area contributed by atoms with Crippen LogP contribution in [-0.4, -0.2) is 31.6 Å². The van der Waals surface area contributed by atoms with Crippen LogP contribution in [0.5, 0.6) is 5.75 Å². The predicted molar refractivity (Wildman–Crippen MR) is 71.2 cm³/mol. The Kier molecular flexibility index (Phi) is 6.74. The lowest BCUT2D eigenvalue weighted by Gasteiger charge is -2.07. The van der Waals surface area contributed by atoms with Crippen LogP contribution in [0.2, 0.25) is 5.02 Å². The SMILES string of the molecule is CCOC(=O)CNC(=O)CCOc1cccc(Cl)c1. The van der Waals surface area contributed by atoms with Gasteiger partial charge in [-0.2, -0.15) is 0 Å². The van der Waals surface area contributed by atoms with Crippen LogP contribution in [-0.2, 0) is 14.3 Å². The molecule has 6 heteroatoms. The van der Waals surface area contributed by atoms with E-state index in [2.05, 4.69) is 10.1 Å². The van der Waals surface area contributed by atoms with Crippen molar-refractivity contribution in [3.8, 4) is 5.75 Å². The van der Waals surface area contributed by atoms with Crippen molar-refractivity contribution in [2.75, 3.05) is 19.8 Å². The van der Waals surface area contributed by atoms with Crippen molar-refractivity contribution >= 4 is 23.5 Å². The Bertz CT molecular complexity index is 436. The summed E-state index contributed by atoms with van der Waals surface area (Å²) in [4.78, 5) is 22.4. The van der Waals surface area contributed by atoms with Crippen molar-refractivity contribution in [3.63, 3.8) is 0 Å². The number of rotatable bonds is 7. The summed E-state index contributed by atoms with van der Waals surface area (Å²) in [6, 6.07) is 6.92. The first kappa shape index (κ1) is 15.3. The van der Waals surface area contributed by atoms with Crippen molar-refractivity contribution in [1.82, 2.24) is 5.32 Å². The van der Waals surface area contributed by atoms with Crippen molar-refractivity contribution in [2.45, 2.75) is 13.3 Å². The summed E-state index contributed by atoms with van der Waals surface area (Å²) in [5.74, 6) is -0.118. The molecule has 0 aliphatic heterocycles. The number of benzene rings is 1. The molecule has 1 aromatic carbocycles. The number of esters is 1. The molecular weight excluding hydrogens is 270 g/mol. The maximum absolute atomic E-state index is 11.4. The molecule has 0 atom stereocenters. The summed E-state index contributed by atoms with van der Waals surface area (Å²) in [6.07, 6.45) is 0.159. The molecule has 1 aromatic rings. The van der Waals surface area contributed by atoms with Gasteiger partial charge >= 0.3 is 5.97 Å². The van der Waals surface area contributed by atoms with E-state index < -0.39 is 5.97 Å². The highest BCUT2D eigenvalue weighted by Gasteiger charge is 2.06. The Morgan fingerprint density at radius 3 is 2.84 bits per heavy atom. The molecule has 0 unspecified atom stereocenters. The molecule has 0 aromatic heterocycles. The summed E-state index contributed by atoms with van der Waals surface area (Å²) in [6.45, 7) is 2.10. The minimum absolute atomic E-state index is 0.121. The normalized spacial score (nSPS) is 9.79. The third kappa shape index (κ3) is 6.67. The molecule has 0 fully saturated rings. The second-order valence-electron chi connectivity index (χ2n) is 3.64. The molecule has 0 saturated heterocycles. The lowest BCUT2D eigenvalue weighted by atomic mass is 10.3. The highest BCUT2D eigenvalue weighted by molar-refractivity contribution is 6.30. The first-order valence-electron chi connectivity index (χ1n) is 5.92. The van der Waals surface area contributed by atoms with Gasteiger partial charge in [0.15, 0.2) is 0 Å². The smallest absolute Gasteiger partial charge is 0.325 e. The third-order valence-electron chi connectivity index (χ3n) is 2.13. The topological polar surface area (TPSA) is 64.6 Å². The van der Waals surface area contributed by atoms with Gasteiger partial charge in [-0.05, 0) is 25.1 Å². The zero-order chi connectivity index (χ0) is 14.1. The van der Waals surface area contributed by atoms with Gasteiger partial charge in [0.2, 0.25) is 5.91 Å². The summed E-state index contributed by atoms with van der Waals surface area (Å²) in [7, 11) is 0. The van der Waals surface area contributed by atoms with E-state index in [0.29, 0.717) is 17.4 Å². The van der Waals surface area contributed by atoms with E-state index in [0.717, 1.165) is 0 Å². The van der Waals surface area contributed by atoms with Gasteiger partial charge in [-0.25, -0.2) is 0 Å². The number of carbonyl (C=O) groups excluding carboxylic acids is 2.